The third kappa shape index (κ3) is 3.91. The largest absolute Gasteiger partial charge is 0.446 e. The van der Waals surface area contributed by atoms with E-state index in [4.69, 9.17) is 21.2 Å². The van der Waals surface area contributed by atoms with Crippen LogP contribution >= 0.6 is 0 Å². The first-order valence-corrected chi connectivity index (χ1v) is 9.73. The zero-order chi connectivity index (χ0) is 18.0. The van der Waals surface area contributed by atoms with Crippen LogP contribution in [-0.2, 0) is 17.7 Å². The summed E-state index contributed by atoms with van der Waals surface area (Å²) in [5.41, 5.74) is 14.0. The smallest absolute Gasteiger partial charge is 0.409 e. The van der Waals surface area contributed by atoms with Crippen molar-refractivity contribution >= 4 is 11.7 Å². The molecule has 1 aromatic heterocycles. The molecule has 0 aromatic carbocycles. The molecule has 1 saturated carbocycles. The van der Waals surface area contributed by atoms with Crippen LogP contribution in [0.4, 0.5) is 0 Å². The van der Waals surface area contributed by atoms with E-state index in [0.29, 0.717) is 23.7 Å². The van der Waals surface area contributed by atoms with Crippen molar-refractivity contribution in [2.45, 2.75) is 84.4 Å². The fourth-order valence-corrected chi connectivity index (χ4v) is 3.77. The number of hydrogen-bond acceptors (Lipinski definition) is 4. The molecule has 3 rings (SSSR count). The second-order valence-electron chi connectivity index (χ2n) is 7.69. The van der Waals surface area contributed by atoms with E-state index in [0.717, 1.165) is 55.9 Å². The fraction of sp³-hybridized carbons (Fsp3) is 0.737. The minimum atomic E-state index is 0.0626. The number of nitrogens with two attached hydrogens (primary N) is 2. The molecule has 0 saturated heterocycles. The third-order valence-corrected chi connectivity index (χ3v) is 5.15. The molecule has 1 aromatic rings. The Hall–Kier alpha value is -1.78. The Morgan fingerprint density at radius 2 is 2.00 bits per heavy atom. The van der Waals surface area contributed by atoms with Crippen molar-refractivity contribution in [1.82, 2.24) is 14.2 Å². The Morgan fingerprint density at radius 3 is 2.64 bits per heavy atom. The van der Waals surface area contributed by atoms with E-state index in [9.17, 15) is 0 Å². The predicted octanol–water partition coefficient (Wildman–Crippen LogP) is 1.70. The molecule has 6 nitrogen and oxygen atoms in total. The predicted molar refractivity (Wildman–Crippen MR) is 102 cm³/mol. The van der Waals surface area contributed by atoms with Crippen molar-refractivity contribution in [3.63, 3.8) is 0 Å². The van der Waals surface area contributed by atoms with E-state index < -0.39 is 0 Å². The van der Waals surface area contributed by atoms with E-state index in [-0.39, 0.29) is 6.10 Å². The van der Waals surface area contributed by atoms with Gasteiger partial charge in [0.15, 0.2) is 5.69 Å². The molecule has 0 unspecified atom stereocenters. The molecule has 0 amide bonds. The van der Waals surface area contributed by atoms with Gasteiger partial charge in [0.05, 0.1) is 6.10 Å². The van der Waals surface area contributed by atoms with E-state index in [2.05, 4.69) is 16.2 Å². The number of nitrogens with zero attached hydrogens (tertiary/aromatic N) is 3. The molecule has 0 spiro atoms. The van der Waals surface area contributed by atoms with Gasteiger partial charge in [0.2, 0.25) is 5.69 Å². The molecular weight excluding hydrogens is 314 g/mol. The number of ether oxygens (including phenoxy) is 1. The van der Waals surface area contributed by atoms with Crippen LogP contribution in [0.2, 0.25) is 0 Å². The van der Waals surface area contributed by atoms with Crippen molar-refractivity contribution in [3.8, 4) is 0 Å². The Kier molecular flexibility index (Phi) is 5.50. The molecule has 1 fully saturated rings. The molecule has 4 N–H and O–H groups in total. The van der Waals surface area contributed by atoms with Crippen molar-refractivity contribution in [3.05, 3.63) is 17.2 Å². The molecular formula is C19H32N5O+. The van der Waals surface area contributed by atoms with E-state index in [1.54, 1.807) is 0 Å². The average molecular weight is 346 g/mol. The summed E-state index contributed by atoms with van der Waals surface area (Å²) in [7, 11) is 0. The van der Waals surface area contributed by atoms with Crippen LogP contribution in [0.1, 0.15) is 76.5 Å². The van der Waals surface area contributed by atoms with Crippen LogP contribution in [0, 0.1) is 5.92 Å². The molecule has 1 aliphatic carbocycles. The summed E-state index contributed by atoms with van der Waals surface area (Å²) in [5, 5.41) is 0. The van der Waals surface area contributed by atoms with Gasteiger partial charge in [0, 0.05) is 19.0 Å². The lowest BCUT2D eigenvalue weighted by molar-refractivity contribution is 0.226. The second kappa shape index (κ2) is 7.63. The van der Waals surface area contributed by atoms with Crippen molar-refractivity contribution in [2.24, 2.45) is 17.4 Å². The number of unbranched alkanes of at least 4 members (excludes halogenated alkanes) is 1. The third-order valence-electron chi connectivity index (χ3n) is 5.15. The first-order valence-electron chi connectivity index (χ1n) is 9.73. The monoisotopic (exact) mass is 346 g/mol. The van der Waals surface area contributed by atoms with Gasteiger partial charge in [-0.1, -0.05) is 13.3 Å². The van der Waals surface area contributed by atoms with Gasteiger partial charge in [-0.2, -0.15) is 4.67 Å². The lowest BCUT2D eigenvalue weighted by atomic mass is 9.86. The van der Waals surface area contributed by atoms with Crippen molar-refractivity contribution in [1.29, 1.82) is 0 Å². The topological polar surface area (TPSA) is 93.2 Å². The molecule has 138 valence electrons. The number of fused-ring (bicyclic) bond motifs is 1. The molecule has 1 aliphatic heterocycles. The van der Waals surface area contributed by atoms with Gasteiger partial charge in [-0.3, -0.25) is 5.73 Å². The van der Waals surface area contributed by atoms with Crippen LogP contribution in [-0.4, -0.2) is 33.4 Å². The van der Waals surface area contributed by atoms with Gasteiger partial charge in [-0.25, -0.2) is 4.98 Å². The SMILES string of the molecule is CCCCc1nc2c(n1CC1CCC(N)CC1)C(OC(C)C)=[N+]=C2N. The molecule has 2 heterocycles. The normalized spacial score (nSPS) is 22.8. The minimum Gasteiger partial charge on any atom is -0.446 e. The maximum absolute atomic E-state index is 6.13. The van der Waals surface area contributed by atoms with Gasteiger partial charge in [0.25, 0.3) is 0 Å². The summed E-state index contributed by atoms with van der Waals surface area (Å²) in [6.45, 7) is 7.19. The molecule has 25 heavy (non-hydrogen) atoms. The maximum Gasteiger partial charge on any atom is 0.409 e. The Bertz CT molecular complexity index is 676. The first kappa shape index (κ1) is 18.0. The summed E-state index contributed by atoms with van der Waals surface area (Å²) < 4.78 is 12.7. The van der Waals surface area contributed by atoms with E-state index >= 15 is 0 Å². The standard InChI is InChI=1S/C19H31N5O/c1-4-5-6-15-22-16-17(19(23-18(16)21)25-12(2)3)24(15)11-13-7-9-14(20)10-8-13/h12-14,21H,4-11,20H2,1-3H3/p+1. The van der Waals surface area contributed by atoms with Gasteiger partial charge < -0.3 is 15.0 Å². The lowest BCUT2D eigenvalue weighted by Crippen LogP contribution is -2.29. The van der Waals surface area contributed by atoms with Gasteiger partial charge in [-0.15, -0.1) is 0 Å². The average Bonchev–Trinajstić information content (AvgIpc) is 3.06. The van der Waals surface area contributed by atoms with Crippen LogP contribution in [0.3, 0.4) is 0 Å². The minimum absolute atomic E-state index is 0.0626. The van der Waals surface area contributed by atoms with Gasteiger partial charge >= 0.3 is 11.7 Å². The van der Waals surface area contributed by atoms with Gasteiger partial charge in [-0.05, 0) is 51.9 Å². The second-order valence-corrected chi connectivity index (χ2v) is 7.69. The number of aromatic nitrogens is 2. The molecule has 6 heteroatoms. The highest BCUT2D eigenvalue weighted by Gasteiger charge is 2.37. The Balaban J connectivity index is 1.89. The fourth-order valence-electron chi connectivity index (χ4n) is 3.77. The summed E-state index contributed by atoms with van der Waals surface area (Å²) in [5.74, 6) is 2.86. The van der Waals surface area contributed by atoms with Crippen LogP contribution in [0.5, 0.6) is 0 Å². The van der Waals surface area contributed by atoms with Gasteiger partial charge in [0.1, 0.15) is 5.82 Å². The maximum atomic E-state index is 6.13. The van der Waals surface area contributed by atoms with Crippen LogP contribution < -0.4 is 16.1 Å². The summed E-state index contributed by atoms with van der Waals surface area (Å²) in [4.78, 5) is 4.83. The highest BCUT2D eigenvalue weighted by Crippen LogP contribution is 2.27. The molecule has 0 bridgehead atoms. The van der Waals surface area contributed by atoms with Crippen molar-refractivity contribution < 1.29 is 4.74 Å². The van der Waals surface area contributed by atoms with Crippen LogP contribution in [0.25, 0.3) is 0 Å². The highest BCUT2D eigenvalue weighted by atomic mass is 16.5. The number of hydrogen-bond donors (Lipinski definition) is 2. The quantitative estimate of drug-likeness (QED) is 0.767. The number of amidine groups is 1. The summed E-state index contributed by atoms with van der Waals surface area (Å²) >= 11 is 0. The Labute approximate surface area is 150 Å². The first-order chi connectivity index (χ1) is 12.0. The number of rotatable bonds is 6. The van der Waals surface area contributed by atoms with E-state index in [1.807, 2.05) is 13.8 Å². The van der Waals surface area contributed by atoms with Crippen LogP contribution in [0.15, 0.2) is 0 Å². The molecule has 2 aliphatic rings. The number of imidazole rings is 1. The van der Waals surface area contributed by atoms with E-state index in [1.165, 1.54) is 12.8 Å². The zero-order valence-corrected chi connectivity index (χ0v) is 15.8. The molecule has 0 radical (unpaired) electrons. The summed E-state index contributed by atoms with van der Waals surface area (Å²) in [6.07, 6.45) is 7.90. The van der Waals surface area contributed by atoms with Crippen molar-refractivity contribution in [2.75, 3.05) is 0 Å². The Morgan fingerprint density at radius 1 is 1.28 bits per heavy atom. The zero-order valence-electron chi connectivity index (χ0n) is 15.8. The summed E-state index contributed by atoms with van der Waals surface area (Å²) in [6, 6.07) is 0.370. The lowest BCUT2D eigenvalue weighted by Gasteiger charge is -2.27. The number of aryl methyl sites for hydroxylation is 1. The highest BCUT2D eigenvalue weighted by molar-refractivity contribution is 6.13. The molecule has 0 atom stereocenters.